The number of carbonyl (C=O) groups is 1. The molecule has 0 aliphatic heterocycles. The van der Waals surface area contributed by atoms with E-state index in [9.17, 15) is 18.0 Å². The third kappa shape index (κ3) is 6.34. The molecular weight excluding hydrogens is 297 g/mol. The molecule has 2 amide bonds. The summed E-state index contributed by atoms with van der Waals surface area (Å²) < 4.78 is 42.5. The van der Waals surface area contributed by atoms with Crippen LogP contribution >= 0.6 is 0 Å². The Morgan fingerprint density at radius 2 is 1.91 bits per heavy atom. The van der Waals surface area contributed by atoms with Gasteiger partial charge < -0.3 is 15.0 Å². The van der Waals surface area contributed by atoms with Crippen LogP contribution in [0.2, 0.25) is 0 Å². The molecule has 1 N–H and O–H groups in total. The number of halogens is 3. The van der Waals surface area contributed by atoms with Crippen molar-refractivity contribution in [2.75, 3.05) is 26.8 Å². The summed E-state index contributed by atoms with van der Waals surface area (Å²) in [4.78, 5) is 13.2. The summed E-state index contributed by atoms with van der Waals surface area (Å²) in [5.41, 5.74) is -0.0563. The molecule has 0 saturated carbocycles. The van der Waals surface area contributed by atoms with Crippen molar-refractivity contribution in [1.82, 2.24) is 10.2 Å². The van der Waals surface area contributed by atoms with Crippen LogP contribution in [0.3, 0.4) is 0 Å². The van der Waals surface area contributed by atoms with E-state index >= 15 is 0 Å². The van der Waals surface area contributed by atoms with Crippen molar-refractivity contribution in [3.05, 3.63) is 35.4 Å². The first kappa shape index (κ1) is 18.3. The molecule has 1 aromatic rings. The SMILES string of the molecule is CCOCCCNC(=O)N(C)Cc1ccc(C(F)(F)F)cc1. The predicted octanol–water partition coefficient (Wildman–Crippen LogP) is 3.27. The Hall–Kier alpha value is -1.76. The molecule has 0 atom stereocenters. The number of amides is 2. The van der Waals surface area contributed by atoms with E-state index in [2.05, 4.69) is 5.32 Å². The number of nitrogens with zero attached hydrogens (tertiary/aromatic N) is 1. The average Bonchev–Trinajstić information content (AvgIpc) is 2.46. The average molecular weight is 318 g/mol. The monoisotopic (exact) mass is 318 g/mol. The highest BCUT2D eigenvalue weighted by molar-refractivity contribution is 5.73. The highest BCUT2D eigenvalue weighted by Crippen LogP contribution is 2.29. The molecule has 0 aliphatic carbocycles. The zero-order valence-corrected chi connectivity index (χ0v) is 12.7. The molecule has 0 heterocycles. The van der Waals surface area contributed by atoms with Gasteiger partial charge in [-0.2, -0.15) is 13.2 Å². The van der Waals surface area contributed by atoms with Crippen LogP contribution in [0.4, 0.5) is 18.0 Å². The van der Waals surface area contributed by atoms with Crippen LogP contribution in [-0.2, 0) is 17.5 Å². The van der Waals surface area contributed by atoms with Crippen LogP contribution in [0.1, 0.15) is 24.5 Å². The van der Waals surface area contributed by atoms with Crippen molar-refractivity contribution in [2.45, 2.75) is 26.1 Å². The van der Waals surface area contributed by atoms with E-state index in [1.807, 2.05) is 6.92 Å². The first-order valence-electron chi connectivity index (χ1n) is 7.07. The van der Waals surface area contributed by atoms with Gasteiger partial charge in [0.25, 0.3) is 0 Å². The van der Waals surface area contributed by atoms with Crippen LogP contribution < -0.4 is 5.32 Å². The number of hydrogen-bond donors (Lipinski definition) is 1. The molecule has 4 nitrogen and oxygen atoms in total. The number of hydrogen-bond acceptors (Lipinski definition) is 2. The molecule has 1 rings (SSSR count). The first-order valence-corrected chi connectivity index (χ1v) is 7.07. The van der Waals surface area contributed by atoms with E-state index in [0.29, 0.717) is 31.7 Å². The topological polar surface area (TPSA) is 41.6 Å². The summed E-state index contributed by atoms with van der Waals surface area (Å²) in [6.07, 6.45) is -3.63. The summed E-state index contributed by atoms with van der Waals surface area (Å²) >= 11 is 0. The molecular formula is C15H21F3N2O2. The van der Waals surface area contributed by atoms with Gasteiger partial charge in [0.05, 0.1) is 5.56 Å². The van der Waals surface area contributed by atoms with Gasteiger partial charge in [-0.25, -0.2) is 4.79 Å². The largest absolute Gasteiger partial charge is 0.416 e. The second kappa shape index (κ2) is 8.63. The maximum absolute atomic E-state index is 12.5. The molecule has 0 aromatic heterocycles. The van der Waals surface area contributed by atoms with E-state index in [0.717, 1.165) is 12.1 Å². The van der Waals surface area contributed by atoms with Crippen molar-refractivity contribution in [1.29, 1.82) is 0 Å². The number of nitrogens with one attached hydrogen (secondary N) is 1. The minimum atomic E-state index is -4.34. The standard InChI is InChI=1S/C15H21F3N2O2/c1-3-22-10-4-9-19-14(21)20(2)11-12-5-7-13(8-6-12)15(16,17)18/h5-8H,3-4,9-11H2,1-2H3,(H,19,21). The van der Waals surface area contributed by atoms with Gasteiger partial charge in [-0.15, -0.1) is 0 Å². The minimum Gasteiger partial charge on any atom is -0.382 e. The smallest absolute Gasteiger partial charge is 0.382 e. The normalized spacial score (nSPS) is 11.3. The Bertz CT molecular complexity index is 461. The summed E-state index contributed by atoms with van der Waals surface area (Å²) in [6.45, 7) is 3.86. The van der Waals surface area contributed by atoms with Gasteiger partial charge in [0.2, 0.25) is 0 Å². The summed E-state index contributed by atoms with van der Waals surface area (Å²) in [6, 6.07) is 4.52. The van der Waals surface area contributed by atoms with Gasteiger partial charge in [-0.05, 0) is 31.0 Å². The Morgan fingerprint density at radius 1 is 1.27 bits per heavy atom. The molecule has 0 saturated heterocycles. The fourth-order valence-electron chi connectivity index (χ4n) is 1.79. The Morgan fingerprint density at radius 3 is 2.45 bits per heavy atom. The van der Waals surface area contributed by atoms with Gasteiger partial charge in [0.1, 0.15) is 0 Å². The molecule has 124 valence electrons. The highest BCUT2D eigenvalue weighted by Gasteiger charge is 2.29. The molecule has 0 unspecified atom stereocenters. The van der Waals surface area contributed by atoms with E-state index in [1.54, 1.807) is 7.05 Å². The molecule has 1 aromatic carbocycles. The lowest BCUT2D eigenvalue weighted by Gasteiger charge is -2.18. The van der Waals surface area contributed by atoms with E-state index in [-0.39, 0.29) is 12.6 Å². The Kier molecular flexibility index (Phi) is 7.17. The lowest BCUT2D eigenvalue weighted by molar-refractivity contribution is -0.137. The number of urea groups is 1. The Labute approximate surface area is 128 Å². The fourth-order valence-corrected chi connectivity index (χ4v) is 1.79. The molecule has 0 bridgehead atoms. The number of ether oxygens (including phenoxy) is 1. The quantitative estimate of drug-likeness (QED) is 0.784. The molecule has 0 aliphatic rings. The zero-order valence-electron chi connectivity index (χ0n) is 12.7. The van der Waals surface area contributed by atoms with Gasteiger partial charge in [0, 0.05) is 33.4 Å². The molecule has 22 heavy (non-hydrogen) atoms. The van der Waals surface area contributed by atoms with Crippen molar-refractivity contribution in [2.24, 2.45) is 0 Å². The molecule has 0 fully saturated rings. The van der Waals surface area contributed by atoms with Crippen molar-refractivity contribution in [3.8, 4) is 0 Å². The van der Waals surface area contributed by atoms with Crippen molar-refractivity contribution >= 4 is 6.03 Å². The summed E-state index contributed by atoms with van der Waals surface area (Å²) in [7, 11) is 1.59. The number of alkyl halides is 3. The second-order valence-electron chi connectivity index (χ2n) is 4.83. The zero-order chi connectivity index (χ0) is 16.6. The summed E-state index contributed by atoms with van der Waals surface area (Å²) in [5, 5.41) is 2.72. The molecule has 7 heteroatoms. The highest BCUT2D eigenvalue weighted by atomic mass is 19.4. The van der Waals surface area contributed by atoms with Crippen LogP contribution in [0.5, 0.6) is 0 Å². The number of rotatable bonds is 7. The maximum Gasteiger partial charge on any atom is 0.416 e. The van der Waals surface area contributed by atoms with Crippen molar-refractivity contribution < 1.29 is 22.7 Å². The second-order valence-corrected chi connectivity index (χ2v) is 4.83. The van der Waals surface area contributed by atoms with Crippen LogP contribution in [0, 0.1) is 0 Å². The van der Waals surface area contributed by atoms with E-state index in [1.165, 1.54) is 17.0 Å². The molecule has 0 radical (unpaired) electrons. The van der Waals surface area contributed by atoms with Gasteiger partial charge >= 0.3 is 12.2 Å². The maximum atomic E-state index is 12.5. The fraction of sp³-hybridized carbons (Fsp3) is 0.533. The van der Waals surface area contributed by atoms with Gasteiger partial charge in [-0.1, -0.05) is 12.1 Å². The van der Waals surface area contributed by atoms with Gasteiger partial charge in [0.15, 0.2) is 0 Å². The lowest BCUT2D eigenvalue weighted by atomic mass is 10.1. The molecule has 0 spiro atoms. The minimum absolute atomic E-state index is 0.245. The predicted molar refractivity (Wildman–Crippen MR) is 77.4 cm³/mol. The van der Waals surface area contributed by atoms with Gasteiger partial charge in [-0.3, -0.25) is 0 Å². The number of carbonyl (C=O) groups excluding carboxylic acids is 1. The number of benzene rings is 1. The third-order valence-electron chi connectivity index (χ3n) is 2.99. The Balaban J connectivity index is 2.40. The van der Waals surface area contributed by atoms with E-state index in [4.69, 9.17) is 4.74 Å². The lowest BCUT2D eigenvalue weighted by Crippen LogP contribution is -2.37. The van der Waals surface area contributed by atoms with Crippen LogP contribution in [0.25, 0.3) is 0 Å². The van der Waals surface area contributed by atoms with Crippen LogP contribution in [0.15, 0.2) is 24.3 Å². The summed E-state index contributed by atoms with van der Waals surface area (Å²) in [5.74, 6) is 0. The van der Waals surface area contributed by atoms with E-state index < -0.39 is 11.7 Å². The third-order valence-corrected chi connectivity index (χ3v) is 2.99. The first-order chi connectivity index (χ1) is 10.3. The van der Waals surface area contributed by atoms with Crippen molar-refractivity contribution in [3.63, 3.8) is 0 Å². The van der Waals surface area contributed by atoms with Crippen LogP contribution in [-0.4, -0.2) is 37.7 Å².